The van der Waals surface area contributed by atoms with Crippen molar-refractivity contribution in [3.63, 3.8) is 0 Å². The van der Waals surface area contributed by atoms with Gasteiger partial charge in [0.15, 0.2) is 11.0 Å². The number of benzene rings is 1. The molecule has 0 unspecified atom stereocenters. The first-order valence-corrected chi connectivity index (χ1v) is 11.0. The number of anilines is 1. The summed E-state index contributed by atoms with van der Waals surface area (Å²) < 4.78 is 10.6. The molecule has 1 aromatic carbocycles. The molecule has 0 bridgehead atoms. The lowest BCUT2D eigenvalue weighted by molar-refractivity contribution is 0.395. The number of hydrogen-bond donors (Lipinski definition) is 1. The third kappa shape index (κ3) is 5.15. The molecule has 6 nitrogen and oxygen atoms in total. The minimum absolute atomic E-state index is 0.263. The van der Waals surface area contributed by atoms with E-state index in [1.807, 2.05) is 6.26 Å². The number of fused-ring (bicyclic) bond motifs is 1. The molecule has 2 aromatic heterocycles. The summed E-state index contributed by atoms with van der Waals surface area (Å²) in [6, 6.07) is 3.40. The van der Waals surface area contributed by atoms with E-state index < -0.39 is 0 Å². The highest BCUT2D eigenvalue weighted by Gasteiger charge is 2.21. The van der Waals surface area contributed by atoms with Crippen LogP contribution in [-0.4, -0.2) is 35.4 Å². The Hall–Kier alpha value is -1.96. The van der Waals surface area contributed by atoms with Gasteiger partial charge in [-0.15, -0.1) is 0 Å². The number of unbranched alkanes of at least 4 members (excludes halogenated alkanes) is 1. The fourth-order valence-electron chi connectivity index (χ4n) is 2.38. The van der Waals surface area contributed by atoms with E-state index in [-0.39, 0.29) is 5.82 Å². The van der Waals surface area contributed by atoms with Crippen LogP contribution in [0.5, 0.6) is 11.5 Å². The molecule has 3 aromatic rings. The van der Waals surface area contributed by atoms with Crippen LogP contribution in [0, 0.1) is 0 Å². The molecule has 156 valence electrons. The number of nitrogen functional groups attached to an aromatic ring is 1. The van der Waals surface area contributed by atoms with Gasteiger partial charge in [-0.1, -0.05) is 61.7 Å². The highest BCUT2D eigenvalue weighted by atomic mass is 35.5. The van der Waals surface area contributed by atoms with E-state index in [1.165, 1.54) is 38.8 Å². The minimum atomic E-state index is 0.263. The maximum Gasteiger partial charge on any atom is 0.187 e. The van der Waals surface area contributed by atoms with Gasteiger partial charge in [-0.2, -0.15) is 0 Å². The highest BCUT2D eigenvalue weighted by molar-refractivity contribution is 7.98. The summed E-state index contributed by atoms with van der Waals surface area (Å²) in [7, 11) is 3.02. The number of hydrogen-bond acceptors (Lipinski definition) is 7. The van der Waals surface area contributed by atoms with Gasteiger partial charge in [0.05, 0.1) is 30.0 Å². The fraction of sp³-hybridized carbons (Fsp3) is 0.350. The average Bonchev–Trinajstić information content (AvgIpc) is 2.74. The molecule has 0 spiro atoms. The average molecular weight is 455 g/mol. The van der Waals surface area contributed by atoms with Gasteiger partial charge < -0.3 is 15.2 Å². The van der Waals surface area contributed by atoms with Gasteiger partial charge in [0.25, 0.3) is 0 Å². The topological polar surface area (TPSA) is 83.2 Å². The van der Waals surface area contributed by atoms with Gasteiger partial charge in [-0.25, -0.2) is 15.0 Å². The smallest absolute Gasteiger partial charge is 0.187 e. The van der Waals surface area contributed by atoms with Gasteiger partial charge in [0, 0.05) is 23.2 Å². The van der Waals surface area contributed by atoms with Crippen molar-refractivity contribution in [2.45, 2.75) is 31.8 Å². The lowest BCUT2D eigenvalue weighted by atomic mass is 10.1. The number of nitrogens with two attached hydrogens (primary N) is 1. The van der Waals surface area contributed by atoms with Crippen molar-refractivity contribution in [2.24, 2.45) is 0 Å². The number of rotatable bonds is 5. The van der Waals surface area contributed by atoms with E-state index in [0.29, 0.717) is 43.5 Å². The summed E-state index contributed by atoms with van der Waals surface area (Å²) >= 11 is 14.3. The van der Waals surface area contributed by atoms with Gasteiger partial charge in [0.2, 0.25) is 0 Å². The van der Waals surface area contributed by atoms with Crippen molar-refractivity contribution in [2.75, 3.05) is 26.2 Å². The Morgan fingerprint density at radius 2 is 1.59 bits per heavy atom. The molecule has 0 fully saturated rings. The lowest BCUT2D eigenvalue weighted by Crippen LogP contribution is -2.00. The van der Waals surface area contributed by atoms with Crippen LogP contribution in [0.25, 0.3) is 22.2 Å². The van der Waals surface area contributed by atoms with Crippen LogP contribution in [0.15, 0.2) is 23.5 Å². The SMILES string of the molecule is CCCC.COc1cc(OC)c(Cl)c(-c2cc3cnc(SC)nc3c(N)n2)c1Cl. The number of methoxy groups -OCH3 is 2. The number of ether oxygens (including phenoxy) is 2. The molecule has 0 radical (unpaired) electrons. The second-order valence-electron chi connectivity index (χ2n) is 5.97. The maximum absolute atomic E-state index is 6.45. The normalized spacial score (nSPS) is 10.4. The van der Waals surface area contributed by atoms with Crippen molar-refractivity contribution in [1.29, 1.82) is 0 Å². The number of thioether (sulfide) groups is 1. The van der Waals surface area contributed by atoms with Crippen LogP contribution in [0.1, 0.15) is 26.7 Å². The van der Waals surface area contributed by atoms with Crippen molar-refractivity contribution in [1.82, 2.24) is 15.0 Å². The second-order valence-corrected chi connectivity index (χ2v) is 7.50. The standard InChI is InChI=1S/C16H14Cl2N4O2S.C4H10/c1-23-9-5-10(24-2)13(18)11(12(9)17)8-4-7-6-20-16(25-3)22-14(7)15(19)21-8;1-3-4-2/h4-6H,1-3H3,(H2,19,21);3-4H2,1-2H3. The molecule has 0 saturated heterocycles. The lowest BCUT2D eigenvalue weighted by Gasteiger charge is -2.15. The van der Waals surface area contributed by atoms with Gasteiger partial charge in [-0.3, -0.25) is 0 Å². The van der Waals surface area contributed by atoms with E-state index in [1.54, 1.807) is 18.3 Å². The first kappa shape index (κ1) is 23.3. The predicted molar refractivity (Wildman–Crippen MR) is 123 cm³/mol. The summed E-state index contributed by atoms with van der Waals surface area (Å²) in [5, 5.41) is 1.99. The minimum Gasteiger partial charge on any atom is -0.495 e. The zero-order chi connectivity index (χ0) is 21.6. The zero-order valence-corrected chi connectivity index (χ0v) is 19.4. The Balaban J connectivity index is 0.000000687. The van der Waals surface area contributed by atoms with Crippen LogP contribution >= 0.6 is 35.0 Å². The number of pyridine rings is 1. The van der Waals surface area contributed by atoms with Crippen molar-refractivity contribution < 1.29 is 9.47 Å². The molecule has 9 heteroatoms. The van der Waals surface area contributed by atoms with E-state index in [4.69, 9.17) is 38.4 Å². The van der Waals surface area contributed by atoms with E-state index in [2.05, 4.69) is 28.8 Å². The highest BCUT2D eigenvalue weighted by Crippen LogP contribution is 2.46. The van der Waals surface area contributed by atoms with Crippen LogP contribution in [-0.2, 0) is 0 Å². The van der Waals surface area contributed by atoms with Crippen LogP contribution in [0.2, 0.25) is 10.0 Å². The quantitative estimate of drug-likeness (QED) is 0.366. The molecule has 0 aliphatic carbocycles. The summed E-state index contributed by atoms with van der Waals surface area (Å²) in [6.07, 6.45) is 6.22. The van der Waals surface area contributed by atoms with Crippen molar-refractivity contribution in [3.05, 3.63) is 28.4 Å². The predicted octanol–water partition coefficient (Wildman–Crippen LogP) is 6.13. The Kier molecular flexibility index (Phi) is 8.61. The van der Waals surface area contributed by atoms with Gasteiger partial charge in [0.1, 0.15) is 17.0 Å². The Morgan fingerprint density at radius 3 is 2.07 bits per heavy atom. The number of nitrogens with zero attached hydrogens (tertiary/aromatic N) is 3. The zero-order valence-electron chi connectivity index (χ0n) is 17.0. The second kappa shape index (κ2) is 10.7. The molecular weight excluding hydrogens is 431 g/mol. The molecule has 0 saturated carbocycles. The summed E-state index contributed by atoms with van der Waals surface area (Å²) in [6.45, 7) is 4.36. The van der Waals surface area contributed by atoms with E-state index in [0.717, 1.165) is 5.39 Å². The first-order chi connectivity index (χ1) is 13.9. The molecular formula is C20H24Cl2N4O2S. The van der Waals surface area contributed by atoms with Crippen molar-refractivity contribution >= 4 is 51.7 Å². The molecule has 0 aliphatic rings. The van der Waals surface area contributed by atoms with Crippen LogP contribution in [0.4, 0.5) is 5.82 Å². The molecule has 2 N–H and O–H groups in total. The molecule has 0 aliphatic heterocycles. The Labute approximate surface area is 185 Å². The number of halogens is 2. The van der Waals surface area contributed by atoms with E-state index in [9.17, 15) is 0 Å². The number of aromatic nitrogens is 3. The Bertz CT molecular complexity index is 972. The Morgan fingerprint density at radius 1 is 1.00 bits per heavy atom. The molecule has 2 heterocycles. The summed E-state index contributed by atoms with van der Waals surface area (Å²) in [4.78, 5) is 13.1. The summed E-state index contributed by atoms with van der Waals surface area (Å²) in [5.41, 5.74) is 7.63. The maximum atomic E-state index is 6.45. The van der Waals surface area contributed by atoms with Crippen molar-refractivity contribution in [3.8, 4) is 22.8 Å². The van der Waals surface area contributed by atoms with Gasteiger partial charge >= 0.3 is 0 Å². The summed E-state index contributed by atoms with van der Waals surface area (Å²) in [5.74, 6) is 1.11. The third-order valence-corrected chi connectivity index (χ3v) is 5.40. The molecule has 3 rings (SSSR count). The monoisotopic (exact) mass is 454 g/mol. The van der Waals surface area contributed by atoms with Gasteiger partial charge in [-0.05, 0) is 12.3 Å². The largest absolute Gasteiger partial charge is 0.495 e. The van der Waals surface area contributed by atoms with Crippen LogP contribution < -0.4 is 15.2 Å². The fourth-order valence-corrected chi connectivity index (χ4v) is 3.42. The molecule has 29 heavy (non-hydrogen) atoms. The third-order valence-electron chi connectivity index (χ3n) is 4.08. The van der Waals surface area contributed by atoms with Crippen LogP contribution in [0.3, 0.4) is 0 Å². The first-order valence-electron chi connectivity index (χ1n) is 8.99. The molecule has 0 amide bonds. The van der Waals surface area contributed by atoms with E-state index >= 15 is 0 Å². The molecule has 0 atom stereocenters.